The first kappa shape index (κ1) is 17.2. The van der Waals surface area contributed by atoms with Gasteiger partial charge >= 0.3 is 0 Å². The van der Waals surface area contributed by atoms with Crippen molar-refractivity contribution in [2.24, 2.45) is 0 Å². The molecule has 0 bridgehead atoms. The molecule has 5 heteroatoms. The van der Waals surface area contributed by atoms with Gasteiger partial charge in [-0.15, -0.1) is 0 Å². The van der Waals surface area contributed by atoms with Gasteiger partial charge in [0.15, 0.2) is 0 Å². The topological polar surface area (TPSA) is 61.8 Å². The Morgan fingerprint density at radius 3 is 2.71 bits per heavy atom. The second-order valence-corrected chi connectivity index (χ2v) is 6.93. The number of ether oxygens (including phenoxy) is 1. The minimum absolute atomic E-state index is 0.130. The molecule has 1 aromatic rings. The van der Waals surface area contributed by atoms with Gasteiger partial charge in [0, 0.05) is 19.1 Å². The number of hydrogen-bond donors (Lipinski definition) is 2. The zero-order valence-corrected chi connectivity index (χ0v) is 14.5. The van der Waals surface area contributed by atoms with E-state index in [1.54, 1.807) is 7.11 Å². The van der Waals surface area contributed by atoms with Crippen molar-refractivity contribution in [1.82, 2.24) is 10.2 Å². The molecule has 0 spiro atoms. The molecule has 24 heavy (non-hydrogen) atoms. The number of benzene rings is 1. The van der Waals surface area contributed by atoms with Crippen LogP contribution in [0, 0.1) is 0 Å². The van der Waals surface area contributed by atoms with Gasteiger partial charge in [-0.05, 0) is 49.9 Å². The lowest BCUT2D eigenvalue weighted by Crippen LogP contribution is -2.46. The molecule has 3 rings (SSSR count). The highest BCUT2D eigenvalue weighted by Crippen LogP contribution is 2.48. The molecule has 5 nitrogen and oxygen atoms in total. The molecule has 132 valence electrons. The second kappa shape index (κ2) is 7.53. The van der Waals surface area contributed by atoms with Gasteiger partial charge in [0.05, 0.1) is 19.1 Å². The number of rotatable bonds is 7. The number of nitrogens with zero attached hydrogens (tertiary/aromatic N) is 1. The summed E-state index contributed by atoms with van der Waals surface area (Å²) in [6, 6.07) is 8.09. The number of aliphatic hydroxyl groups is 1. The molecule has 0 unspecified atom stereocenters. The van der Waals surface area contributed by atoms with Crippen LogP contribution in [0.25, 0.3) is 0 Å². The van der Waals surface area contributed by atoms with E-state index < -0.39 is 0 Å². The number of nitrogens with one attached hydrogen (secondary N) is 1. The Balaban J connectivity index is 1.52. The lowest BCUT2D eigenvalue weighted by atomic mass is 9.95. The van der Waals surface area contributed by atoms with Crippen LogP contribution in [0.5, 0.6) is 5.75 Å². The first-order valence-corrected chi connectivity index (χ1v) is 8.97. The van der Waals surface area contributed by atoms with Crippen molar-refractivity contribution in [2.75, 3.05) is 33.4 Å². The smallest absolute Gasteiger partial charge is 0.230 e. The SMILES string of the molecule is COc1ccc(C2(C(=O)NCCN3CCCC[C@@H]3CO)CC2)cc1. The normalized spacial score (nSPS) is 22.8. The number of aliphatic hydroxyl groups excluding tert-OH is 1. The third-order valence-corrected chi connectivity index (χ3v) is 5.47. The number of amides is 1. The van der Waals surface area contributed by atoms with Crippen molar-refractivity contribution in [2.45, 2.75) is 43.6 Å². The molecule has 0 aromatic heterocycles. The second-order valence-electron chi connectivity index (χ2n) is 6.93. The van der Waals surface area contributed by atoms with Crippen LogP contribution in [0.4, 0.5) is 0 Å². The predicted octanol–water partition coefficient (Wildman–Crippen LogP) is 1.69. The van der Waals surface area contributed by atoms with Crippen molar-refractivity contribution in [3.05, 3.63) is 29.8 Å². The van der Waals surface area contributed by atoms with Gasteiger partial charge in [-0.1, -0.05) is 18.6 Å². The number of carbonyl (C=O) groups excluding carboxylic acids is 1. The molecule has 2 aliphatic rings. The summed E-state index contributed by atoms with van der Waals surface area (Å²) in [5.41, 5.74) is 0.733. The fourth-order valence-electron chi connectivity index (χ4n) is 3.73. The molecule has 0 radical (unpaired) electrons. The average molecular weight is 332 g/mol. The molecular weight excluding hydrogens is 304 g/mol. The molecule has 1 aliphatic heterocycles. The van der Waals surface area contributed by atoms with Crippen LogP contribution in [0.1, 0.15) is 37.7 Å². The number of methoxy groups -OCH3 is 1. The lowest BCUT2D eigenvalue weighted by Gasteiger charge is -2.34. The number of likely N-dealkylation sites (tertiary alicyclic amines) is 1. The summed E-state index contributed by atoms with van der Waals surface area (Å²) in [7, 11) is 1.65. The molecule has 1 aromatic carbocycles. The summed E-state index contributed by atoms with van der Waals surface area (Å²) in [4.78, 5) is 15.0. The summed E-state index contributed by atoms with van der Waals surface area (Å²) in [6.07, 6.45) is 5.25. The van der Waals surface area contributed by atoms with Crippen LogP contribution in [0.15, 0.2) is 24.3 Å². The van der Waals surface area contributed by atoms with Crippen LogP contribution in [0.2, 0.25) is 0 Å². The van der Waals surface area contributed by atoms with E-state index in [0.29, 0.717) is 6.54 Å². The van der Waals surface area contributed by atoms with Gasteiger partial charge in [-0.2, -0.15) is 0 Å². The van der Waals surface area contributed by atoms with E-state index in [-0.39, 0.29) is 24.0 Å². The monoisotopic (exact) mass is 332 g/mol. The maximum atomic E-state index is 12.7. The van der Waals surface area contributed by atoms with Gasteiger partial charge in [0.25, 0.3) is 0 Å². The fraction of sp³-hybridized carbons (Fsp3) is 0.632. The Morgan fingerprint density at radius 2 is 2.08 bits per heavy atom. The molecule has 1 amide bonds. The standard InChI is InChI=1S/C19H28N2O3/c1-24-17-7-5-15(6-8-17)19(9-10-19)18(23)20-11-13-21-12-3-2-4-16(21)14-22/h5-8,16,22H,2-4,9-14H2,1H3,(H,20,23)/t16-/m1/s1. The highest BCUT2D eigenvalue weighted by atomic mass is 16.5. The third-order valence-electron chi connectivity index (χ3n) is 5.47. The van der Waals surface area contributed by atoms with Crippen LogP contribution in [-0.4, -0.2) is 55.3 Å². The van der Waals surface area contributed by atoms with E-state index in [1.165, 1.54) is 12.8 Å². The van der Waals surface area contributed by atoms with Crippen molar-refractivity contribution in [3.8, 4) is 5.75 Å². The summed E-state index contributed by atoms with van der Waals surface area (Å²) < 4.78 is 5.19. The zero-order valence-electron chi connectivity index (χ0n) is 14.5. The van der Waals surface area contributed by atoms with Crippen molar-refractivity contribution in [3.63, 3.8) is 0 Å². The minimum atomic E-state index is -0.343. The highest BCUT2D eigenvalue weighted by molar-refractivity contribution is 5.91. The minimum Gasteiger partial charge on any atom is -0.497 e. The summed E-state index contributed by atoms with van der Waals surface area (Å²) in [5, 5.41) is 12.6. The van der Waals surface area contributed by atoms with E-state index >= 15 is 0 Å². The van der Waals surface area contributed by atoms with Gasteiger partial charge in [0.1, 0.15) is 5.75 Å². The Hall–Kier alpha value is -1.59. The molecule has 1 saturated heterocycles. The molecule has 1 heterocycles. The van der Waals surface area contributed by atoms with Gasteiger partial charge in [0.2, 0.25) is 5.91 Å². The first-order chi connectivity index (χ1) is 11.7. The molecular formula is C19H28N2O3. The predicted molar refractivity (Wildman–Crippen MR) is 93.2 cm³/mol. The van der Waals surface area contributed by atoms with Crippen LogP contribution in [-0.2, 0) is 10.2 Å². The van der Waals surface area contributed by atoms with E-state index in [0.717, 1.165) is 43.7 Å². The summed E-state index contributed by atoms with van der Waals surface area (Å²) in [5.74, 6) is 0.945. The molecule has 2 fully saturated rings. The molecule has 1 atom stereocenters. The van der Waals surface area contributed by atoms with E-state index in [9.17, 15) is 9.90 Å². The van der Waals surface area contributed by atoms with Crippen LogP contribution in [0.3, 0.4) is 0 Å². The molecule has 1 saturated carbocycles. The number of hydrogen-bond acceptors (Lipinski definition) is 4. The van der Waals surface area contributed by atoms with Crippen LogP contribution < -0.4 is 10.1 Å². The molecule has 2 N–H and O–H groups in total. The summed E-state index contributed by atoms with van der Waals surface area (Å²) >= 11 is 0. The van der Waals surface area contributed by atoms with Crippen molar-refractivity contribution < 1.29 is 14.6 Å². The van der Waals surface area contributed by atoms with E-state index in [2.05, 4.69) is 10.2 Å². The van der Waals surface area contributed by atoms with Gasteiger partial charge in [-0.25, -0.2) is 0 Å². The maximum Gasteiger partial charge on any atom is 0.230 e. The Morgan fingerprint density at radius 1 is 1.33 bits per heavy atom. The average Bonchev–Trinajstić information content (AvgIpc) is 3.44. The number of piperidine rings is 1. The number of carbonyl (C=O) groups is 1. The Labute approximate surface area is 144 Å². The fourth-order valence-corrected chi connectivity index (χ4v) is 3.73. The van der Waals surface area contributed by atoms with E-state index in [4.69, 9.17) is 4.74 Å². The zero-order chi connectivity index (χ0) is 17.0. The lowest BCUT2D eigenvalue weighted by molar-refractivity contribution is -0.123. The quantitative estimate of drug-likeness (QED) is 0.798. The Bertz CT molecular complexity index is 554. The first-order valence-electron chi connectivity index (χ1n) is 8.97. The third kappa shape index (κ3) is 3.57. The van der Waals surface area contributed by atoms with Crippen molar-refractivity contribution >= 4 is 5.91 Å². The highest BCUT2D eigenvalue weighted by Gasteiger charge is 2.51. The largest absolute Gasteiger partial charge is 0.497 e. The van der Waals surface area contributed by atoms with E-state index in [1.807, 2.05) is 24.3 Å². The summed E-state index contributed by atoms with van der Waals surface area (Å²) in [6.45, 7) is 2.69. The molecule has 1 aliphatic carbocycles. The van der Waals surface area contributed by atoms with Crippen LogP contribution >= 0.6 is 0 Å². The maximum absolute atomic E-state index is 12.7. The van der Waals surface area contributed by atoms with Gasteiger partial charge in [-0.3, -0.25) is 9.69 Å². The van der Waals surface area contributed by atoms with Crippen molar-refractivity contribution in [1.29, 1.82) is 0 Å². The Kier molecular flexibility index (Phi) is 5.41. The van der Waals surface area contributed by atoms with Gasteiger partial charge < -0.3 is 15.2 Å².